The van der Waals surface area contributed by atoms with Crippen molar-refractivity contribution < 1.29 is 14.2 Å². The first-order valence-corrected chi connectivity index (χ1v) is 10.00. The van der Waals surface area contributed by atoms with E-state index in [4.69, 9.17) is 20.6 Å². The quantitative estimate of drug-likeness (QED) is 0.469. The highest BCUT2D eigenvalue weighted by atomic mass is 79.9. The summed E-state index contributed by atoms with van der Waals surface area (Å²) in [5, 5.41) is 0. The number of ether oxygens (including phenoxy) is 3. The molecule has 0 unspecified atom stereocenters. The summed E-state index contributed by atoms with van der Waals surface area (Å²) in [6, 6.07) is 12.0. The molecule has 1 heterocycles. The van der Waals surface area contributed by atoms with Crippen molar-refractivity contribution in [1.29, 1.82) is 0 Å². The molecule has 28 heavy (non-hydrogen) atoms. The molecular formula is C22H23BrN2O3. The summed E-state index contributed by atoms with van der Waals surface area (Å²) < 4.78 is 17.5. The zero-order valence-electron chi connectivity index (χ0n) is 15.9. The van der Waals surface area contributed by atoms with Crippen LogP contribution in [-0.4, -0.2) is 45.7 Å². The Labute approximate surface area is 174 Å². The number of rotatable bonds is 7. The molecule has 0 radical (unpaired) electrons. The molecule has 0 aliphatic carbocycles. The van der Waals surface area contributed by atoms with Gasteiger partial charge in [-0.2, -0.15) is 0 Å². The molecule has 2 aromatic carbocycles. The third-order valence-corrected chi connectivity index (χ3v) is 4.81. The van der Waals surface area contributed by atoms with E-state index in [9.17, 15) is 0 Å². The molecule has 1 aliphatic heterocycles. The molecule has 0 bridgehead atoms. The fraction of sp³-hybridized carbons (Fsp3) is 0.318. The number of aliphatic imine (C=N–C) groups is 1. The monoisotopic (exact) mass is 442 g/mol. The van der Waals surface area contributed by atoms with Gasteiger partial charge in [-0.25, -0.2) is 0 Å². The molecule has 0 spiro atoms. The minimum absolute atomic E-state index is 0.182. The largest absolute Gasteiger partial charge is 0.490 e. The first kappa shape index (κ1) is 20.2. The minimum Gasteiger partial charge on any atom is -0.490 e. The molecule has 0 aromatic heterocycles. The van der Waals surface area contributed by atoms with Crippen LogP contribution < -0.4 is 14.4 Å². The molecule has 0 amide bonds. The normalized spacial score (nSPS) is 14.1. The van der Waals surface area contributed by atoms with Crippen molar-refractivity contribution in [3.8, 4) is 23.8 Å². The molecule has 3 rings (SSSR count). The van der Waals surface area contributed by atoms with E-state index in [2.05, 4.69) is 43.9 Å². The molecule has 1 fully saturated rings. The van der Waals surface area contributed by atoms with Gasteiger partial charge < -0.3 is 19.1 Å². The van der Waals surface area contributed by atoms with E-state index in [1.54, 1.807) is 0 Å². The summed E-state index contributed by atoms with van der Waals surface area (Å²) >= 11 is 3.53. The lowest BCUT2D eigenvalue weighted by Gasteiger charge is -2.28. The van der Waals surface area contributed by atoms with Crippen LogP contribution in [0.3, 0.4) is 0 Å². The SMILES string of the molecule is C#CCOc1c(Br)cc(C=Nc2ccc(N3CCOCC3)cc2)cc1OCC. The van der Waals surface area contributed by atoms with Gasteiger partial charge in [0.05, 0.1) is 30.0 Å². The molecule has 6 heteroatoms. The Morgan fingerprint density at radius 1 is 1.21 bits per heavy atom. The predicted molar refractivity (Wildman–Crippen MR) is 116 cm³/mol. The summed E-state index contributed by atoms with van der Waals surface area (Å²) in [5.74, 6) is 3.71. The molecular weight excluding hydrogens is 420 g/mol. The second kappa shape index (κ2) is 10.2. The van der Waals surface area contributed by atoms with Crippen molar-refractivity contribution in [2.24, 2.45) is 4.99 Å². The highest BCUT2D eigenvalue weighted by Gasteiger charge is 2.12. The Hall–Kier alpha value is -2.49. The van der Waals surface area contributed by atoms with E-state index >= 15 is 0 Å². The van der Waals surface area contributed by atoms with Crippen LogP contribution in [0.4, 0.5) is 11.4 Å². The summed E-state index contributed by atoms with van der Waals surface area (Å²) in [5.41, 5.74) is 2.98. The maximum Gasteiger partial charge on any atom is 0.176 e. The number of nitrogens with zero attached hydrogens (tertiary/aromatic N) is 2. The van der Waals surface area contributed by atoms with Crippen LogP contribution in [0, 0.1) is 12.3 Å². The molecule has 5 nitrogen and oxygen atoms in total. The van der Waals surface area contributed by atoms with Crippen molar-refractivity contribution in [2.75, 3.05) is 44.4 Å². The first-order valence-electron chi connectivity index (χ1n) is 9.20. The fourth-order valence-corrected chi connectivity index (χ4v) is 3.47. The van der Waals surface area contributed by atoms with Gasteiger partial charge in [0.2, 0.25) is 0 Å². The van der Waals surface area contributed by atoms with Gasteiger partial charge in [0, 0.05) is 25.0 Å². The second-order valence-corrected chi connectivity index (χ2v) is 6.98. The number of benzene rings is 2. The molecule has 0 N–H and O–H groups in total. The van der Waals surface area contributed by atoms with Crippen LogP contribution in [0.1, 0.15) is 12.5 Å². The highest BCUT2D eigenvalue weighted by molar-refractivity contribution is 9.10. The van der Waals surface area contributed by atoms with Gasteiger partial charge in [0.25, 0.3) is 0 Å². The smallest absolute Gasteiger partial charge is 0.176 e. The molecule has 1 saturated heterocycles. The van der Waals surface area contributed by atoms with Gasteiger partial charge in [0.15, 0.2) is 11.5 Å². The molecule has 0 atom stereocenters. The standard InChI is InChI=1S/C22H23BrN2O3/c1-3-11-28-22-20(23)14-17(15-21(22)27-4-2)16-24-18-5-7-19(8-6-18)25-9-12-26-13-10-25/h1,5-8,14-16H,4,9-13H2,2H3. The van der Waals surface area contributed by atoms with Crippen LogP contribution in [0.25, 0.3) is 0 Å². The minimum atomic E-state index is 0.182. The Morgan fingerprint density at radius 3 is 2.64 bits per heavy atom. The number of terminal acetylenes is 1. The van der Waals surface area contributed by atoms with E-state index in [0.29, 0.717) is 18.1 Å². The van der Waals surface area contributed by atoms with Crippen molar-refractivity contribution in [1.82, 2.24) is 0 Å². The average molecular weight is 443 g/mol. The number of anilines is 1. The van der Waals surface area contributed by atoms with Crippen molar-refractivity contribution in [3.05, 3.63) is 46.4 Å². The Morgan fingerprint density at radius 2 is 1.96 bits per heavy atom. The Balaban J connectivity index is 1.75. The number of hydrogen-bond acceptors (Lipinski definition) is 5. The molecule has 146 valence electrons. The van der Waals surface area contributed by atoms with Gasteiger partial charge in [-0.15, -0.1) is 6.42 Å². The third-order valence-electron chi connectivity index (χ3n) is 4.22. The van der Waals surface area contributed by atoms with Crippen LogP contribution in [-0.2, 0) is 4.74 Å². The van der Waals surface area contributed by atoms with E-state index in [-0.39, 0.29) is 6.61 Å². The Kier molecular flexibility index (Phi) is 7.35. The number of halogens is 1. The second-order valence-electron chi connectivity index (χ2n) is 6.13. The van der Waals surface area contributed by atoms with E-state index < -0.39 is 0 Å². The average Bonchev–Trinajstić information content (AvgIpc) is 2.73. The Bertz CT molecular complexity index is 853. The predicted octanol–water partition coefficient (Wildman–Crippen LogP) is 4.45. The number of hydrogen-bond donors (Lipinski definition) is 0. The van der Waals surface area contributed by atoms with E-state index in [1.807, 2.05) is 37.4 Å². The molecule has 1 aliphatic rings. The van der Waals surface area contributed by atoms with Gasteiger partial charge in [-0.3, -0.25) is 4.99 Å². The number of morpholine rings is 1. The van der Waals surface area contributed by atoms with Gasteiger partial charge in [-0.05, 0) is 64.8 Å². The van der Waals surface area contributed by atoms with E-state index in [1.165, 1.54) is 5.69 Å². The van der Waals surface area contributed by atoms with Crippen molar-refractivity contribution in [2.45, 2.75) is 6.92 Å². The fourth-order valence-electron chi connectivity index (χ4n) is 2.90. The van der Waals surface area contributed by atoms with Gasteiger partial charge >= 0.3 is 0 Å². The van der Waals surface area contributed by atoms with Crippen LogP contribution in [0.15, 0.2) is 45.9 Å². The van der Waals surface area contributed by atoms with Crippen LogP contribution in [0.2, 0.25) is 0 Å². The lowest BCUT2D eigenvalue weighted by molar-refractivity contribution is 0.122. The van der Waals surface area contributed by atoms with Crippen molar-refractivity contribution in [3.63, 3.8) is 0 Å². The first-order chi connectivity index (χ1) is 13.7. The highest BCUT2D eigenvalue weighted by Crippen LogP contribution is 2.36. The van der Waals surface area contributed by atoms with Crippen LogP contribution in [0.5, 0.6) is 11.5 Å². The maximum atomic E-state index is 5.69. The third kappa shape index (κ3) is 5.28. The zero-order valence-corrected chi connectivity index (χ0v) is 17.4. The summed E-state index contributed by atoms with van der Waals surface area (Å²) in [7, 11) is 0. The maximum absolute atomic E-state index is 5.69. The van der Waals surface area contributed by atoms with Crippen LogP contribution >= 0.6 is 15.9 Å². The molecule has 2 aromatic rings. The van der Waals surface area contributed by atoms with Gasteiger partial charge in [-0.1, -0.05) is 5.92 Å². The molecule has 0 saturated carbocycles. The topological polar surface area (TPSA) is 43.3 Å². The van der Waals surface area contributed by atoms with Crippen molar-refractivity contribution >= 4 is 33.5 Å². The summed E-state index contributed by atoms with van der Waals surface area (Å²) in [6.45, 7) is 6.03. The van der Waals surface area contributed by atoms with E-state index in [0.717, 1.165) is 42.0 Å². The zero-order chi connectivity index (χ0) is 19.8. The lowest BCUT2D eigenvalue weighted by Crippen LogP contribution is -2.36. The summed E-state index contributed by atoms with van der Waals surface area (Å²) in [4.78, 5) is 6.90. The summed E-state index contributed by atoms with van der Waals surface area (Å²) in [6.07, 6.45) is 7.10. The van der Waals surface area contributed by atoms with Gasteiger partial charge in [0.1, 0.15) is 6.61 Å². The lowest BCUT2D eigenvalue weighted by atomic mass is 10.2.